The third kappa shape index (κ3) is 3.36. The summed E-state index contributed by atoms with van der Waals surface area (Å²) in [7, 11) is -0.183. The maximum atomic E-state index is 12.3. The second-order valence-corrected chi connectivity index (χ2v) is 8.93. The van der Waals surface area contributed by atoms with Gasteiger partial charge in [0.15, 0.2) is 0 Å². The van der Waals surface area contributed by atoms with E-state index in [2.05, 4.69) is 11.0 Å². The van der Waals surface area contributed by atoms with Crippen molar-refractivity contribution in [2.24, 2.45) is 0 Å². The van der Waals surface area contributed by atoms with Crippen LogP contribution < -0.4 is 0 Å². The summed E-state index contributed by atoms with van der Waals surface area (Å²) in [6, 6.07) is 8.87. The molecule has 122 valence electrons. The lowest BCUT2D eigenvalue weighted by molar-refractivity contribution is 0.179. The van der Waals surface area contributed by atoms with Gasteiger partial charge in [-0.1, -0.05) is 25.0 Å². The van der Waals surface area contributed by atoms with Gasteiger partial charge in [0.2, 0.25) is 10.0 Å². The molecule has 0 spiro atoms. The van der Waals surface area contributed by atoms with Gasteiger partial charge >= 0.3 is 0 Å². The van der Waals surface area contributed by atoms with Gasteiger partial charge in [-0.3, -0.25) is 4.90 Å². The number of nitrogens with zero attached hydrogens (tertiary/aromatic N) is 2. The summed E-state index contributed by atoms with van der Waals surface area (Å²) in [5, 5.41) is 0. The van der Waals surface area contributed by atoms with E-state index in [1.165, 1.54) is 42.8 Å². The minimum absolute atomic E-state index is 0.400. The van der Waals surface area contributed by atoms with Crippen LogP contribution in [0.25, 0.3) is 0 Å². The third-order valence-electron chi connectivity index (χ3n) is 4.85. The average Bonchev–Trinajstić information content (AvgIpc) is 3.19. The van der Waals surface area contributed by atoms with Crippen molar-refractivity contribution in [2.75, 3.05) is 14.1 Å². The van der Waals surface area contributed by atoms with Gasteiger partial charge in [-0.2, -0.15) is 0 Å². The zero-order chi connectivity index (χ0) is 15.7. The van der Waals surface area contributed by atoms with Crippen LogP contribution in [0.4, 0.5) is 0 Å². The van der Waals surface area contributed by atoms with Gasteiger partial charge in [0, 0.05) is 32.7 Å². The van der Waals surface area contributed by atoms with Gasteiger partial charge < -0.3 is 0 Å². The Hall–Kier alpha value is -0.910. The first kappa shape index (κ1) is 16.0. The molecular formula is C17H26N2O2S. The molecule has 1 aromatic carbocycles. The highest BCUT2D eigenvalue weighted by Crippen LogP contribution is 2.35. The number of benzene rings is 1. The molecule has 0 heterocycles. The molecule has 0 amide bonds. The maximum absolute atomic E-state index is 12.3. The Morgan fingerprint density at radius 2 is 1.68 bits per heavy atom. The van der Waals surface area contributed by atoms with Gasteiger partial charge in [-0.25, -0.2) is 12.7 Å². The first-order valence-electron chi connectivity index (χ1n) is 8.25. The maximum Gasteiger partial charge on any atom is 0.242 e. The van der Waals surface area contributed by atoms with Gasteiger partial charge in [0.25, 0.3) is 0 Å². The molecule has 22 heavy (non-hydrogen) atoms. The normalized spacial score (nSPS) is 20.2. The molecular weight excluding hydrogens is 296 g/mol. The molecule has 0 unspecified atom stereocenters. The van der Waals surface area contributed by atoms with E-state index in [0.29, 0.717) is 10.9 Å². The zero-order valence-corrected chi connectivity index (χ0v) is 14.3. The van der Waals surface area contributed by atoms with E-state index < -0.39 is 10.0 Å². The average molecular weight is 322 g/mol. The van der Waals surface area contributed by atoms with E-state index in [9.17, 15) is 8.42 Å². The highest BCUT2D eigenvalue weighted by atomic mass is 32.2. The summed E-state index contributed by atoms with van der Waals surface area (Å²) in [5.74, 6) is 0. The number of sulfonamides is 1. The van der Waals surface area contributed by atoms with Crippen molar-refractivity contribution in [1.29, 1.82) is 0 Å². The summed E-state index contributed by atoms with van der Waals surface area (Å²) < 4.78 is 25.8. The highest BCUT2D eigenvalue weighted by Gasteiger charge is 2.35. The molecule has 0 N–H and O–H groups in total. The minimum atomic E-state index is -3.34. The molecule has 0 aromatic heterocycles. The van der Waals surface area contributed by atoms with E-state index in [4.69, 9.17) is 0 Å². The second-order valence-electron chi connectivity index (χ2n) is 6.78. The zero-order valence-electron chi connectivity index (χ0n) is 13.5. The third-order valence-corrected chi connectivity index (χ3v) is 6.66. The quantitative estimate of drug-likeness (QED) is 0.808. The Kier molecular flexibility index (Phi) is 4.57. The van der Waals surface area contributed by atoms with Crippen LogP contribution >= 0.6 is 0 Å². The minimum Gasteiger partial charge on any atom is -0.293 e. The molecule has 0 aliphatic heterocycles. The van der Waals surface area contributed by atoms with E-state index in [-0.39, 0.29) is 0 Å². The van der Waals surface area contributed by atoms with Crippen LogP contribution in [0.1, 0.15) is 44.1 Å². The highest BCUT2D eigenvalue weighted by molar-refractivity contribution is 7.89. The van der Waals surface area contributed by atoms with Crippen molar-refractivity contribution in [3.63, 3.8) is 0 Å². The van der Waals surface area contributed by atoms with Crippen molar-refractivity contribution in [2.45, 2.75) is 62.0 Å². The van der Waals surface area contributed by atoms with E-state index in [0.717, 1.165) is 18.2 Å². The standard InChI is InChI=1S/C17H26N2O2S/c1-18(2)22(20,21)17-9-5-6-14(12-17)13-19(16-10-11-16)15-7-3-4-8-15/h5-6,9,12,15-16H,3-4,7-8,10-11,13H2,1-2H3. The summed E-state index contributed by atoms with van der Waals surface area (Å²) in [6.45, 7) is 0.881. The number of hydrogen-bond donors (Lipinski definition) is 0. The number of rotatable bonds is 6. The smallest absolute Gasteiger partial charge is 0.242 e. The molecule has 0 radical (unpaired) electrons. The Morgan fingerprint density at radius 3 is 2.27 bits per heavy atom. The van der Waals surface area contributed by atoms with Crippen LogP contribution in [0.5, 0.6) is 0 Å². The van der Waals surface area contributed by atoms with Crippen molar-refractivity contribution in [1.82, 2.24) is 9.21 Å². The molecule has 4 nitrogen and oxygen atoms in total. The van der Waals surface area contributed by atoms with Gasteiger partial charge in [-0.15, -0.1) is 0 Å². The van der Waals surface area contributed by atoms with Crippen molar-refractivity contribution < 1.29 is 8.42 Å². The van der Waals surface area contributed by atoms with Crippen LogP contribution in [0.3, 0.4) is 0 Å². The predicted octanol–water partition coefficient (Wildman–Crippen LogP) is 2.84. The second kappa shape index (κ2) is 6.30. The predicted molar refractivity (Wildman–Crippen MR) is 88.1 cm³/mol. The largest absolute Gasteiger partial charge is 0.293 e. The summed E-state index contributed by atoms with van der Waals surface area (Å²) in [4.78, 5) is 3.02. The molecule has 0 saturated heterocycles. The van der Waals surface area contributed by atoms with Gasteiger partial charge in [-0.05, 0) is 43.4 Å². The van der Waals surface area contributed by atoms with Crippen LogP contribution in [-0.2, 0) is 16.6 Å². The Labute approximate surface area is 134 Å². The lowest BCUT2D eigenvalue weighted by Gasteiger charge is -2.29. The van der Waals surface area contributed by atoms with Gasteiger partial charge in [0.05, 0.1) is 4.90 Å². The van der Waals surface area contributed by atoms with Crippen LogP contribution in [-0.4, -0.2) is 43.8 Å². The van der Waals surface area contributed by atoms with E-state index in [1.807, 2.05) is 12.1 Å². The van der Waals surface area contributed by atoms with Crippen molar-refractivity contribution in [3.05, 3.63) is 29.8 Å². The van der Waals surface area contributed by atoms with Crippen LogP contribution in [0, 0.1) is 0 Å². The molecule has 3 rings (SSSR count). The SMILES string of the molecule is CN(C)S(=O)(=O)c1cccc(CN(C2CCCC2)C2CC2)c1. The lowest BCUT2D eigenvalue weighted by Crippen LogP contribution is -2.34. The summed E-state index contributed by atoms with van der Waals surface area (Å²) in [5.41, 5.74) is 1.11. The fraction of sp³-hybridized carbons (Fsp3) is 0.647. The monoisotopic (exact) mass is 322 g/mol. The van der Waals surface area contributed by atoms with Crippen molar-refractivity contribution >= 4 is 10.0 Å². The molecule has 2 aliphatic carbocycles. The molecule has 5 heteroatoms. The molecule has 2 fully saturated rings. The Morgan fingerprint density at radius 1 is 1.05 bits per heavy atom. The molecule has 1 aromatic rings. The van der Waals surface area contributed by atoms with E-state index in [1.54, 1.807) is 20.2 Å². The fourth-order valence-corrected chi connectivity index (χ4v) is 4.40. The first-order valence-corrected chi connectivity index (χ1v) is 9.70. The summed E-state index contributed by atoms with van der Waals surface area (Å²) >= 11 is 0. The Bertz CT molecular complexity index is 617. The molecule has 0 bridgehead atoms. The fourth-order valence-electron chi connectivity index (χ4n) is 3.42. The van der Waals surface area contributed by atoms with Gasteiger partial charge in [0.1, 0.15) is 0 Å². The molecule has 2 saturated carbocycles. The summed E-state index contributed by atoms with van der Waals surface area (Å²) in [6.07, 6.45) is 7.86. The van der Waals surface area contributed by atoms with Crippen LogP contribution in [0.2, 0.25) is 0 Å². The van der Waals surface area contributed by atoms with Crippen molar-refractivity contribution in [3.8, 4) is 0 Å². The Balaban J connectivity index is 1.79. The lowest BCUT2D eigenvalue weighted by atomic mass is 10.1. The first-order chi connectivity index (χ1) is 10.5. The number of hydrogen-bond acceptors (Lipinski definition) is 3. The van der Waals surface area contributed by atoms with Crippen LogP contribution in [0.15, 0.2) is 29.2 Å². The van der Waals surface area contributed by atoms with E-state index >= 15 is 0 Å². The molecule has 0 atom stereocenters. The molecule has 2 aliphatic rings. The topological polar surface area (TPSA) is 40.6 Å².